The van der Waals surface area contributed by atoms with Gasteiger partial charge in [0, 0.05) is 48.7 Å². The van der Waals surface area contributed by atoms with Gasteiger partial charge >= 0.3 is 0 Å². The molecule has 1 aliphatic rings. The van der Waals surface area contributed by atoms with Crippen molar-refractivity contribution in [3.8, 4) is 5.82 Å². The molecular formula is C30H33ClN8O3. The first-order valence-electron chi connectivity index (χ1n) is 14.1. The fourth-order valence-electron chi connectivity index (χ4n) is 5.16. The predicted molar refractivity (Wildman–Crippen MR) is 161 cm³/mol. The second-order valence-electron chi connectivity index (χ2n) is 10.5. The Morgan fingerprint density at radius 3 is 2.57 bits per heavy atom. The summed E-state index contributed by atoms with van der Waals surface area (Å²) in [6.45, 7) is 0.727. The van der Waals surface area contributed by atoms with Gasteiger partial charge in [-0.2, -0.15) is 9.97 Å². The molecule has 2 aromatic heterocycles. The van der Waals surface area contributed by atoms with Crippen LogP contribution in [0, 0.1) is 16.0 Å². The second kappa shape index (κ2) is 13.9. The minimum absolute atomic E-state index is 0.0131. The van der Waals surface area contributed by atoms with E-state index in [0.717, 1.165) is 36.8 Å². The normalized spacial score (nSPS) is 14.2. The number of anilines is 2. The van der Waals surface area contributed by atoms with Crippen molar-refractivity contribution < 1.29 is 9.72 Å². The summed E-state index contributed by atoms with van der Waals surface area (Å²) < 4.78 is 1.78. The zero-order chi connectivity index (χ0) is 29.3. The van der Waals surface area contributed by atoms with E-state index in [1.165, 1.54) is 18.6 Å². The molecule has 1 saturated carbocycles. The number of rotatable bonds is 12. The number of nitro benzene ring substituents is 1. The molecule has 4 aromatic rings. The topological polar surface area (TPSA) is 140 Å². The molecule has 0 aliphatic heterocycles. The summed E-state index contributed by atoms with van der Waals surface area (Å²) in [5.74, 6) is 1.77. The molecule has 3 N–H and O–H groups in total. The van der Waals surface area contributed by atoms with E-state index < -0.39 is 11.0 Å². The lowest BCUT2D eigenvalue weighted by Crippen LogP contribution is -2.41. The van der Waals surface area contributed by atoms with Gasteiger partial charge in [-0.3, -0.25) is 19.5 Å². The first-order chi connectivity index (χ1) is 20.4. The molecular weight excluding hydrogens is 556 g/mol. The van der Waals surface area contributed by atoms with Crippen LogP contribution >= 0.6 is 11.6 Å². The van der Waals surface area contributed by atoms with E-state index in [-0.39, 0.29) is 18.1 Å². The molecule has 0 radical (unpaired) electrons. The second-order valence-corrected chi connectivity index (χ2v) is 10.9. The Balaban J connectivity index is 1.35. The highest BCUT2D eigenvalue weighted by Gasteiger charge is 2.25. The average Bonchev–Trinajstić information content (AvgIpc) is 3.55. The smallest absolute Gasteiger partial charge is 0.269 e. The van der Waals surface area contributed by atoms with Gasteiger partial charge in [-0.1, -0.05) is 68.0 Å². The van der Waals surface area contributed by atoms with Crippen molar-refractivity contribution in [3.05, 3.63) is 99.6 Å². The van der Waals surface area contributed by atoms with Crippen LogP contribution in [-0.4, -0.2) is 36.4 Å². The molecule has 1 aliphatic carbocycles. The minimum atomic E-state index is -0.530. The van der Waals surface area contributed by atoms with Crippen molar-refractivity contribution in [2.75, 3.05) is 10.6 Å². The number of non-ortho nitro benzene ring substituents is 1. The zero-order valence-corrected chi connectivity index (χ0v) is 23.8. The number of hydrogen-bond acceptors (Lipinski definition) is 8. The molecule has 42 heavy (non-hydrogen) atoms. The molecule has 12 heteroatoms. The summed E-state index contributed by atoms with van der Waals surface area (Å²) in [5.41, 5.74) is 1.77. The molecule has 2 aromatic carbocycles. The molecule has 1 atom stereocenters. The number of amides is 1. The van der Waals surface area contributed by atoms with Crippen LogP contribution in [0.25, 0.3) is 5.82 Å². The number of nitro groups is 1. The van der Waals surface area contributed by atoms with E-state index in [0.29, 0.717) is 41.5 Å². The maximum atomic E-state index is 13.5. The Morgan fingerprint density at radius 1 is 1.05 bits per heavy atom. The number of hydrogen-bond donors (Lipinski definition) is 3. The number of halogens is 1. The van der Waals surface area contributed by atoms with Crippen LogP contribution in [0.3, 0.4) is 0 Å². The van der Waals surface area contributed by atoms with Crippen LogP contribution in [0.4, 0.5) is 17.5 Å². The Morgan fingerprint density at radius 2 is 1.86 bits per heavy atom. The number of carbonyl (C=O) groups is 1. The monoisotopic (exact) mass is 588 g/mol. The Labute approximate surface area is 248 Å². The van der Waals surface area contributed by atoms with E-state index in [1.807, 2.05) is 24.3 Å². The van der Waals surface area contributed by atoms with Gasteiger partial charge in [0.2, 0.25) is 11.9 Å². The van der Waals surface area contributed by atoms with Gasteiger partial charge in [-0.15, -0.1) is 0 Å². The maximum Gasteiger partial charge on any atom is 0.269 e. The van der Waals surface area contributed by atoms with Crippen molar-refractivity contribution in [2.45, 2.75) is 57.7 Å². The summed E-state index contributed by atoms with van der Waals surface area (Å²) in [4.78, 5) is 37.6. The van der Waals surface area contributed by atoms with Crippen molar-refractivity contribution >= 4 is 35.0 Å². The number of nitrogens with one attached hydrogen (secondary N) is 3. The first kappa shape index (κ1) is 29.0. The highest BCUT2D eigenvalue weighted by Crippen LogP contribution is 2.28. The zero-order valence-electron chi connectivity index (χ0n) is 23.1. The quantitative estimate of drug-likeness (QED) is 0.137. The molecule has 1 amide bonds. The number of imidazole rings is 1. The van der Waals surface area contributed by atoms with Crippen LogP contribution in [-0.2, 0) is 17.9 Å². The molecule has 1 fully saturated rings. The Kier molecular flexibility index (Phi) is 9.60. The van der Waals surface area contributed by atoms with Crippen molar-refractivity contribution in [1.29, 1.82) is 0 Å². The van der Waals surface area contributed by atoms with E-state index in [9.17, 15) is 14.9 Å². The van der Waals surface area contributed by atoms with Gasteiger partial charge in [0.05, 0.1) is 4.92 Å². The third kappa shape index (κ3) is 8.03. The van der Waals surface area contributed by atoms with Crippen LogP contribution < -0.4 is 16.0 Å². The van der Waals surface area contributed by atoms with Gasteiger partial charge < -0.3 is 16.0 Å². The summed E-state index contributed by atoms with van der Waals surface area (Å²) in [5, 5.41) is 21.3. The summed E-state index contributed by atoms with van der Waals surface area (Å²) in [6.07, 6.45) is 11.5. The Bertz CT molecular complexity index is 1490. The SMILES string of the molecule is O=C(NCc1ccc([N+](=O)[O-])cc1)[C@@H](CC1CCCCC1)Nc1cc(-n2ccnc2)nc(NCc2cccc(Cl)c2)n1. The van der Waals surface area contributed by atoms with Crippen LogP contribution in [0.2, 0.25) is 5.02 Å². The van der Waals surface area contributed by atoms with Gasteiger partial charge in [0.25, 0.3) is 5.69 Å². The van der Waals surface area contributed by atoms with Crippen molar-refractivity contribution in [3.63, 3.8) is 0 Å². The number of nitrogens with zero attached hydrogens (tertiary/aromatic N) is 5. The van der Waals surface area contributed by atoms with E-state index in [2.05, 4.69) is 25.9 Å². The van der Waals surface area contributed by atoms with Gasteiger partial charge in [0.15, 0.2) is 0 Å². The molecule has 11 nitrogen and oxygen atoms in total. The number of benzene rings is 2. The fraction of sp³-hybridized carbons (Fsp3) is 0.333. The Hall–Kier alpha value is -4.51. The number of carbonyl (C=O) groups excluding carboxylic acids is 1. The molecule has 0 unspecified atom stereocenters. The van der Waals surface area contributed by atoms with E-state index in [1.54, 1.807) is 41.5 Å². The lowest BCUT2D eigenvalue weighted by atomic mass is 9.84. The average molecular weight is 589 g/mol. The third-order valence-corrected chi connectivity index (χ3v) is 7.60. The van der Waals surface area contributed by atoms with Gasteiger partial charge in [-0.25, -0.2) is 4.98 Å². The first-order valence-corrected chi connectivity index (χ1v) is 14.4. The van der Waals surface area contributed by atoms with Crippen molar-refractivity contribution in [1.82, 2.24) is 24.8 Å². The van der Waals surface area contributed by atoms with E-state index in [4.69, 9.17) is 16.6 Å². The van der Waals surface area contributed by atoms with Crippen molar-refractivity contribution in [2.24, 2.45) is 5.92 Å². The third-order valence-electron chi connectivity index (χ3n) is 7.37. The number of aromatic nitrogens is 4. The van der Waals surface area contributed by atoms with Crippen LogP contribution in [0.5, 0.6) is 0 Å². The molecule has 5 rings (SSSR count). The molecule has 0 saturated heterocycles. The van der Waals surface area contributed by atoms with Crippen LogP contribution in [0.15, 0.2) is 73.3 Å². The predicted octanol–water partition coefficient (Wildman–Crippen LogP) is 5.90. The van der Waals surface area contributed by atoms with Gasteiger partial charge in [0.1, 0.15) is 24.0 Å². The lowest BCUT2D eigenvalue weighted by molar-refractivity contribution is -0.384. The summed E-state index contributed by atoms with van der Waals surface area (Å²) >= 11 is 6.15. The highest BCUT2D eigenvalue weighted by molar-refractivity contribution is 6.30. The lowest BCUT2D eigenvalue weighted by Gasteiger charge is -2.27. The standard InChI is InChI=1S/C30H33ClN8O3/c31-24-8-4-7-23(15-24)19-34-30-36-27(17-28(37-30)38-14-13-32-20-38)35-26(16-21-5-2-1-3-6-21)29(40)33-18-22-9-11-25(12-10-22)39(41)42/h4,7-15,17,20-21,26H,1-3,5-6,16,18-19H2,(H,33,40)(H2,34,35,36,37)/t26-/m1/s1. The van der Waals surface area contributed by atoms with Crippen LogP contribution in [0.1, 0.15) is 49.7 Å². The fourth-order valence-corrected chi connectivity index (χ4v) is 5.37. The summed E-state index contributed by atoms with van der Waals surface area (Å²) in [6, 6.07) is 15.0. The van der Waals surface area contributed by atoms with E-state index >= 15 is 0 Å². The summed E-state index contributed by atoms with van der Waals surface area (Å²) in [7, 11) is 0. The molecule has 218 valence electrons. The maximum absolute atomic E-state index is 13.5. The highest BCUT2D eigenvalue weighted by atomic mass is 35.5. The van der Waals surface area contributed by atoms with Gasteiger partial charge in [-0.05, 0) is 35.6 Å². The largest absolute Gasteiger partial charge is 0.358 e. The minimum Gasteiger partial charge on any atom is -0.358 e. The molecule has 0 spiro atoms. The molecule has 2 heterocycles. The molecule has 0 bridgehead atoms.